The number of nitrogens with one attached hydrogen (secondary N) is 1. The number of ether oxygens (including phenoxy) is 1. The topological polar surface area (TPSA) is 78.2 Å². The Kier molecular flexibility index (Phi) is 7.41. The van der Waals surface area contributed by atoms with Crippen LogP contribution in [0.5, 0.6) is 5.75 Å². The van der Waals surface area contributed by atoms with Crippen molar-refractivity contribution in [3.05, 3.63) is 134 Å². The van der Waals surface area contributed by atoms with Crippen LogP contribution in [-0.2, 0) is 13.1 Å². The number of carbonyl (C=O) groups is 1. The zero-order chi connectivity index (χ0) is 28.3. The second kappa shape index (κ2) is 11.4. The van der Waals surface area contributed by atoms with E-state index in [4.69, 9.17) is 16.3 Å². The number of methoxy groups -OCH3 is 1. The summed E-state index contributed by atoms with van der Waals surface area (Å²) in [6.45, 7) is 0.834. The molecular formula is C32H25ClN4O3S. The second-order valence-electron chi connectivity index (χ2n) is 9.38. The number of benzene rings is 3. The van der Waals surface area contributed by atoms with Crippen LogP contribution in [0.25, 0.3) is 22.0 Å². The number of nitrogens with zero attached hydrogens (tertiary/aromatic N) is 3. The lowest BCUT2D eigenvalue weighted by Gasteiger charge is -2.10. The van der Waals surface area contributed by atoms with Crippen LogP contribution in [0.2, 0.25) is 4.34 Å². The Morgan fingerprint density at radius 2 is 1.78 bits per heavy atom. The molecule has 204 valence electrons. The molecule has 1 N–H and O–H groups in total. The van der Waals surface area contributed by atoms with E-state index in [0.717, 1.165) is 21.2 Å². The molecule has 0 saturated heterocycles. The van der Waals surface area contributed by atoms with Gasteiger partial charge in [-0.3, -0.25) is 9.59 Å². The van der Waals surface area contributed by atoms with E-state index in [2.05, 4.69) is 28.6 Å². The van der Waals surface area contributed by atoms with Gasteiger partial charge in [0.15, 0.2) is 0 Å². The smallest absolute Gasteiger partial charge is 0.283 e. The maximum atomic E-state index is 13.7. The predicted molar refractivity (Wildman–Crippen MR) is 164 cm³/mol. The normalized spacial score (nSPS) is 11.1. The molecule has 3 heterocycles. The van der Waals surface area contributed by atoms with Crippen molar-refractivity contribution in [2.75, 3.05) is 12.4 Å². The highest BCUT2D eigenvalue weighted by Gasteiger charge is 2.21. The van der Waals surface area contributed by atoms with Crippen molar-refractivity contribution in [1.29, 1.82) is 0 Å². The van der Waals surface area contributed by atoms with Gasteiger partial charge in [-0.1, -0.05) is 66.2 Å². The molecule has 0 radical (unpaired) electrons. The van der Waals surface area contributed by atoms with Gasteiger partial charge in [-0.2, -0.15) is 9.78 Å². The summed E-state index contributed by atoms with van der Waals surface area (Å²) in [6.07, 6.45) is 1.77. The number of anilines is 1. The minimum atomic E-state index is -0.382. The van der Waals surface area contributed by atoms with Crippen LogP contribution in [0.3, 0.4) is 0 Å². The summed E-state index contributed by atoms with van der Waals surface area (Å²) in [5.74, 6) is 0.499. The van der Waals surface area contributed by atoms with Crippen molar-refractivity contribution >= 4 is 45.4 Å². The highest BCUT2D eigenvalue weighted by molar-refractivity contribution is 7.16. The summed E-state index contributed by atoms with van der Waals surface area (Å²) in [5.41, 5.74) is 1.97. The number of thiophene rings is 1. The van der Waals surface area contributed by atoms with Gasteiger partial charge < -0.3 is 14.6 Å². The molecule has 0 aliphatic carbocycles. The molecule has 0 spiro atoms. The Morgan fingerprint density at radius 1 is 0.976 bits per heavy atom. The molecular weight excluding hydrogens is 556 g/mol. The monoisotopic (exact) mass is 580 g/mol. The molecule has 0 atom stereocenters. The van der Waals surface area contributed by atoms with Crippen molar-refractivity contribution in [2.24, 2.45) is 0 Å². The number of rotatable bonds is 8. The summed E-state index contributed by atoms with van der Waals surface area (Å²) in [6, 6.07) is 30.2. The van der Waals surface area contributed by atoms with E-state index < -0.39 is 0 Å². The first-order valence-electron chi connectivity index (χ1n) is 12.9. The maximum absolute atomic E-state index is 13.7. The molecule has 0 fully saturated rings. The molecule has 3 aromatic carbocycles. The minimum absolute atomic E-state index is 0.202. The molecule has 6 rings (SSSR count). The molecule has 0 aliphatic heterocycles. The lowest BCUT2D eigenvalue weighted by Crippen LogP contribution is -2.22. The minimum Gasteiger partial charge on any atom is -0.496 e. The molecule has 7 nitrogen and oxygen atoms in total. The van der Waals surface area contributed by atoms with Crippen LogP contribution < -0.4 is 15.6 Å². The van der Waals surface area contributed by atoms with Crippen LogP contribution >= 0.6 is 22.9 Å². The van der Waals surface area contributed by atoms with E-state index >= 15 is 0 Å². The van der Waals surface area contributed by atoms with Crippen molar-refractivity contribution < 1.29 is 9.53 Å². The van der Waals surface area contributed by atoms with Crippen LogP contribution in [0.4, 0.5) is 5.82 Å². The number of pyridine rings is 1. The Labute approximate surface area is 245 Å². The highest BCUT2D eigenvalue weighted by Crippen LogP contribution is 2.27. The summed E-state index contributed by atoms with van der Waals surface area (Å²) < 4.78 is 9.05. The van der Waals surface area contributed by atoms with E-state index in [9.17, 15) is 9.59 Å². The molecule has 41 heavy (non-hydrogen) atoms. The number of hydrogen-bond donors (Lipinski definition) is 1. The Balaban J connectivity index is 1.39. The fraction of sp³-hybridized carbons (Fsp3) is 0.0938. The molecule has 0 unspecified atom stereocenters. The molecule has 0 aliphatic rings. The fourth-order valence-electron chi connectivity index (χ4n) is 4.82. The van der Waals surface area contributed by atoms with Gasteiger partial charge in [0.05, 0.1) is 35.7 Å². The summed E-state index contributed by atoms with van der Waals surface area (Å²) in [7, 11) is 1.52. The van der Waals surface area contributed by atoms with E-state index in [0.29, 0.717) is 45.8 Å². The maximum Gasteiger partial charge on any atom is 0.283 e. The number of hydrogen-bond acceptors (Lipinski definition) is 6. The quantitative estimate of drug-likeness (QED) is 0.211. The van der Waals surface area contributed by atoms with Crippen LogP contribution in [0.1, 0.15) is 20.8 Å². The molecule has 0 amide bonds. The van der Waals surface area contributed by atoms with E-state index in [1.807, 2.05) is 42.5 Å². The number of carbonyl (C=O) groups excluding carboxylic acids is 1. The van der Waals surface area contributed by atoms with Gasteiger partial charge in [-0.25, -0.2) is 0 Å². The number of halogens is 1. The summed E-state index contributed by atoms with van der Waals surface area (Å²) >= 11 is 7.56. The first kappa shape index (κ1) is 26.6. The van der Waals surface area contributed by atoms with Gasteiger partial charge in [0.25, 0.3) is 11.5 Å². The lowest BCUT2D eigenvalue weighted by molar-refractivity contribution is 0.0945. The largest absolute Gasteiger partial charge is 0.496 e. The van der Waals surface area contributed by atoms with Gasteiger partial charge in [0, 0.05) is 17.1 Å². The lowest BCUT2D eigenvalue weighted by atomic mass is 10.0. The van der Waals surface area contributed by atoms with Gasteiger partial charge in [0.1, 0.15) is 17.3 Å². The average molecular weight is 581 g/mol. The van der Waals surface area contributed by atoms with Crippen LogP contribution in [0, 0.1) is 0 Å². The van der Waals surface area contributed by atoms with Crippen LogP contribution in [0.15, 0.2) is 108 Å². The van der Waals surface area contributed by atoms with Crippen molar-refractivity contribution in [3.8, 4) is 17.0 Å². The fourth-order valence-corrected chi connectivity index (χ4v) is 5.85. The predicted octanol–water partition coefficient (Wildman–Crippen LogP) is 6.94. The van der Waals surface area contributed by atoms with Gasteiger partial charge >= 0.3 is 0 Å². The third kappa shape index (κ3) is 5.39. The SMILES string of the molecule is COc1ccccc1C(=O)n1nc(-c2cccn(Cc3cccc4ccccc34)c2=O)cc1NCc1ccc(Cl)s1. The molecule has 0 bridgehead atoms. The average Bonchev–Trinajstić information content (AvgIpc) is 3.62. The van der Waals surface area contributed by atoms with Crippen molar-refractivity contribution in [2.45, 2.75) is 13.1 Å². The van der Waals surface area contributed by atoms with Gasteiger partial charge in [-0.15, -0.1) is 11.3 Å². The Morgan fingerprint density at radius 3 is 2.61 bits per heavy atom. The summed E-state index contributed by atoms with van der Waals surface area (Å²) in [5, 5.41) is 10.1. The molecule has 0 saturated carbocycles. The zero-order valence-corrected chi connectivity index (χ0v) is 23.7. The third-order valence-electron chi connectivity index (χ3n) is 6.83. The van der Waals surface area contributed by atoms with Crippen molar-refractivity contribution in [1.82, 2.24) is 14.3 Å². The van der Waals surface area contributed by atoms with E-state index in [1.54, 1.807) is 47.2 Å². The number of fused-ring (bicyclic) bond motifs is 1. The van der Waals surface area contributed by atoms with E-state index in [1.165, 1.54) is 23.1 Å². The molecule has 9 heteroatoms. The zero-order valence-electron chi connectivity index (χ0n) is 22.1. The molecule has 6 aromatic rings. The van der Waals surface area contributed by atoms with E-state index in [-0.39, 0.29) is 11.5 Å². The second-order valence-corrected chi connectivity index (χ2v) is 11.2. The highest BCUT2D eigenvalue weighted by atomic mass is 35.5. The van der Waals surface area contributed by atoms with Crippen LogP contribution in [-0.4, -0.2) is 27.4 Å². The van der Waals surface area contributed by atoms with Crippen molar-refractivity contribution in [3.63, 3.8) is 0 Å². The first-order valence-corrected chi connectivity index (χ1v) is 14.1. The number of aromatic nitrogens is 3. The number of para-hydroxylation sites is 1. The standard InChI is InChI=1S/C32H25ClN4O3S/c1-40-28-14-5-4-12-26(28)32(39)37-30(34-19-23-15-16-29(33)41-23)18-27(35-37)25-13-7-17-36(31(25)38)20-22-10-6-9-21-8-2-3-11-24(21)22/h2-18,34H,19-20H2,1H3. The Bertz CT molecular complexity index is 1940. The molecule has 3 aromatic heterocycles. The first-order chi connectivity index (χ1) is 20.0. The summed E-state index contributed by atoms with van der Waals surface area (Å²) in [4.78, 5) is 28.4. The third-order valence-corrected chi connectivity index (χ3v) is 8.06. The van der Waals surface area contributed by atoms with Gasteiger partial charge in [-0.05, 0) is 52.7 Å². The van der Waals surface area contributed by atoms with Gasteiger partial charge in [0.2, 0.25) is 0 Å². The Hall–Kier alpha value is -4.66.